The Morgan fingerprint density at radius 2 is 1.52 bits per heavy atom. The van der Waals surface area contributed by atoms with E-state index >= 15 is 0 Å². The molecule has 4 rings (SSSR count). The molecule has 0 unspecified atom stereocenters. The van der Waals surface area contributed by atoms with E-state index in [9.17, 15) is 0 Å². The van der Waals surface area contributed by atoms with Crippen LogP contribution in [0.3, 0.4) is 0 Å². The average molecular weight is 385 g/mol. The maximum atomic E-state index is 5.74. The van der Waals surface area contributed by atoms with E-state index in [1.807, 2.05) is 54.0 Å². The van der Waals surface area contributed by atoms with Crippen molar-refractivity contribution < 1.29 is 9.47 Å². The third-order valence-corrected chi connectivity index (χ3v) is 5.05. The lowest BCUT2D eigenvalue weighted by molar-refractivity contribution is 0.414. The SMILES string of the molecule is COc1ccc(-n2c(C)nnc2-c2ccc(-c3ccccc3C)cc2OC)cc1. The van der Waals surface area contributed by atoms with Crippen molar-refractivity contribution in [2.24, 2.45) is 0 Å². The van der Waals surface area contributed by atoms with Crippen LogP contribution < -0.4 is 9.47 Å². The smallest absolute Gasteiger partial charge is 0.172 e. The largest absolute Gasteiger partial charge is 0.497 e. The van der Waals surface area contributed by atoms with Crippen molar-refractivity contribution >= 4 is 0 Å². The van der Waals surface area contributed by atoms with Gasteiger partial charge in [-0.3, -0.25) is 4.57 Å². The number of ether oxygens (including phenoxy) is 2. The summed E-state index contributed by atoms with van der Waals surface area (Å²) in [5.41, 5.74) is 5.37. The third kappa shape index (κ3) is 3.47. The Bertz CT molecular complexity index is 1150. The van der Waals surface area contributed by atoms with Crippen LogP contribution in [-0.4, -0.2) is 29.0 Å². The zero-order valence-corrected chi connectivity index (χ0v) is 17.0. The molecular weight excluding hydrogens is 362 g/mol. The number of rotatable bonds is 5. The van der Waals surface area contributed by atoms with Gasteiger partial charge >= 0.3 is 0 Å². The Morgan fingerprint density at radius 3 is 2.21 bits per heavy atom. The summed E-state index contributed by atoms with van der Waals surface area (Å²) < 4.78 is 13.0. The van der Waals surface area contributed by atoms with Crippen LogP contribution in [0.1, 0.15) is 11.4 Å². The minimum Gasteiger partial charge on any atom is -0.497 e. The second-order valence-corrected chi connectivity index (χ2v) is 6.83. The molecule has 0 aliphatic rings. The van der Waals surface area contributed by atoms with Gasteiger partial charge in [0.1, 0.15) is 17.3 Å². The summed E-state index contributed by atoms with van der Waals surface area (Å²) in [7, 11) is 3.34. The van der Waals surface area contributed by atoms with Gasteiger partial charge in [0.15, 0.2) is 5.82 Å². The number of methoxy groups -OCH3 is 2. The predicted molar refractivity (Wildman–Crippen MR) is 115 cm³/mol. The Kier molecular flexibility index (Phi) is 5.04. The van der Waals surface area contributed by atoms with Crippen LogP contribution >= 0.6 is 0 Å². The molecule has 0 fully saturated rings. The first kappa shape index (κ1) is 18.7. The summed E-state index contributed by atoms with van der Waals surface area (Å²) in [6.07, 6.45) is 0. The molecule has 1 heterocycles. The molecule has 0 aliphatic heterocycles. The first-order chi connectivity index (χ1) is 14.1. The molecule has 3 aromatic carbocycles. The van der Waals surface area contributed by atoms with Crippen LogP contribution in [0.2, 0.25) is 0 Å². The molecule has 4 aromatic rings. The predicted octanol–water partition coefficient (Wildman–Crippen LogP) is 5.24. The fourth-order valence-electron chi connectivity index (χ4n) is 3.52. The summed E-state index contributed by atoms with van der Waals surface area (Å²) in [6, 6.07) is 22.4. The molecule has 0 aliphatic carbocycles. The molecule has 0 spiro atoms. The van der Waals surface area contributed by atoms with E-state index in [1.54, 1.807) is 14.2 Å². The van der Waals surface area contributed by atoms with E-state index < -0.39 is 0 Å². The van der Waals surface area contributed by atoms with Gasteiger partial charge in [0.05, 0.1) is 19.8 Å². The van der Waals surface area contributed by atoms with Crippen LogP contribution in [0.4, 0.5) is 0 Å². The zero-order valence-electron chi connectivity index (χ0n) is 17.0. The zero-order chi connectivity index (χ0) is 20.4. The van der Waals surface area contributed by atoms with Crippen molar-refractivity contribution in [3.8, 4) is 39.7 Å². The van der Waals surface area contributed by atoms with Crippen molar-refractivity contribution in [2.75, 3.05) is 14.2 Å². The van der Waals surface area contributed by atoms with Crippen molar-refractivity contribution in [1.82, 2.24) is 14.8 Å². The lowest BCUT2D eigenvalue weighted by Gasteiger charge is -2.14. The minimum atomic E-state index is 0.737. The Morgan fingerprint density at radius 1 is 0.759 bits per heavy atom. The van der Waals surface area contributed by atoms with Crippen LogP contribution in [0.5, 0.6) is 11.5 Å². The molecule has 1 aromatic heterocycles. The Labute approximate surface area is 170 Å². The van der Waals surface area contributed by atoms with Crippen molar-refractivity contribution in [2.45, 2.75) is 13.8 Å². The topological polar surface area (TPSA) is 49.2 Å². The highest BCUT2D eigenvalue weighted by Gasteiger charge is 2.18. The lowest BCUT2D eigenvalue weighted by Crippen LogP contribution is -2.01. The lowest BCUT2D eigenvalue weighted by atomic mass is 9.99. The van der Waals surface area contributed by atoms with Crippen LogP contribution in [0.15, 0.2) is 66.7 Å². The molecule has 146 valence electrons. The number of nitrogens with zero attached hydrogens (tertiary/aromatic N) is 3. The molecule has 0 N–H and O–H groups in total. The van der Waals surface area contributed by atoms with Gasteiger partial charge in [-0.1, -0.05) is 30.3 Å². The number of aryl methyl sites for hydroxylation is 2. The second-order valence-electron chi connectivity index (χ2n) is 6.83. The van der Waals surface area contributed by atoms with Gasteiger partial charge in [-0.2, -0.15) is 0 Å². The van der Waals surface area contributed by atoms with Gasteiger partial charge in [0.2, 0.25) is 0 Å². The molecule has 0 atom stereocenters. The standard InChI is InChI=1S/C24H23N3O2/c1-16-7-5-6-8-21(16)18-9-14-22(23(15-18)29-4)24-26-25-17(2)27(24)19-10-12-20(28-3)13-11-19/h5-15H,1-4H3. The van der Waals surface area contributed by atoms with Crippen molar-refractivity contribution in [3.63, 3.8) is 0 Å². The van der Waals surface area contributed by atoms with Gasteiger partial charge in [-0.25, -0.2) is 0 Å². The van der Waals surface area contributed by atoms with Gasteiger partial charge in [-0.15, -0.1) is 10.2 Å². The molecule has 0 saturated carbocycles. The van der Waals surface area contributed by atoms with E-state index in [2.05, 4.69) is 41.4 Å². The van der Waals surface area contributed by atoms with E-state index in [-0.39, 0.29) is 0 Å². The molecule has 0 bridgehead atoms. The molecule has 5 heteroatoms. The number of hydrogen-bond acceptors (Lipinski definition) is 4. The summed E-state index contributed by atoms with van der Waals surface area (Å²) in [4.78, 5) is 0. The molecule has 0 radical (unpaired) electrons. The van der Waals surface area contributed by atoms with Gasteiger partial charge in [0, 0.05) is 5.69 Å². The van der Waals surface area contributed by atoms with Crippen LogP contribution in [0.25, 0.3) is 28.2 Å². The third-order valence-electron chi connectivity index (χ3n) is 5.05. The van der Waals surface area contributed by atoms with E-state index in [0.29, 0.717) is 0 Å². The van der Waals surface area contributed by atoms with E-state index in [1.165, 1.54) is 11.1 Å². The molecular formula is C24H23N3O2. The molecule has 5 nitrogen and oxygen atoms in total. The summed E-state index contributed by atoms with van der Waals surface area (Å²) in [6.45, 7) is 4.05. The van der Waals surface area contributed by atoms with Gasteiger partial charge < -0.3 is 9.47 Å². The Hall–Kier alpha value is -3.60. The molecule has 29 heavy (non-hydrogen) atoms. The Balaban J connectivity index is 1.82. The first-order valence-electron chi connectivity index (χ1n) is 9.43. The highest BCUT2D eigenvalue weighted by Crippen LogP contribution is 2.35. The highest BCUT2D eigenvalue weighted by atomic mass is 16.5. The van der Waals surface area contributed by atoms with Gasteiger partial charge in [-0.05, 0) is 66.9 Å². The maximum Gasteiger partial charge on any atom is 0.172 e. The van der Waals surface area contributed by atoms with Gasteiger partial charge in [0.25, 0.3) is 0 Å². The normalized spacial score (nSPS) is 10.8. The number of benzene rings is 3. The fourth-order valence-corrected chi connectivity index (χ4v) is 3.52. The monoisotopic (exact) mass is 385 g/mol. The highest BCUT2D eigenvalue weighted by molar-refractivity contribution is 5.75. The van der Waals surface area contributed by atoms with E-state index in [4.69, 9.17) is 9.47 Å². The first-order valence-corrected chi connectivity index (χ1v) is 9.43. The van der Waals surface area contributed by atoms with Crippen molar-refractivity contribution in [3.05, 3.63) is 78.1 Å². The van der Waals surface area contributed by atoms with Crippen LogP contribution in [-0.2, 0) is 0 Å². The summed E-state index contributed by atoms with van der Waals surface area (Å²) >= 11 is 0. The number of hydrogen-bond donors (Lipinski definition) is 0. The molecule has 0 saturated heterocycles. The van der Waals surface area contributed by atoms with Crippen molar-refractivity contribution in [1.29, 1.82) is 0 Å². The summed E-state index contributed by atoms with van der Waals surface area (Å²) in [5.74, 6) is 3.10. The fraction of sp³-hybridized carbons (Fsp3) is 0.167. The maximum absolute atomic E-state index is 5.74. The second kappa shape index (κ2) is 7.80. The quantitative estimate of drug-likeness (QED) is 0.472. The number of aromatic nitrogens is 3. The molecule has 0 amide bonds. The van der Waals surface area contributed by atoms with Crippen LogP contribution in [0, 0.1) is 13.8 Å². The average Bonchev–Trinajstić information content (AvgIpc) is 3.14. The minimum absolute atomic E-state index is 0.737. The summed E-state index contributed by atoms with van der Waals surface area (Å²) in [5, 5.41) is 8.74. The van der Waals surface area contributed by atoms with E-state index in [0.717, 1.165) is 40.0 Å².